The summed E-state index contributed by atoms with van der Waals surface area (Å²) in [6.07, 6.45) is 7.11. The zero-order chi connectivity index (χ0) is 23.3. The van der Waals surface area contributed by atoms with Gasteiger partial charge in [-0.15, -0.1) is 12.4 Å². The van der Waals surface area contributed by atoms with Gasteiger partial charge in [-0.3, -0.25) is 4.79 Å². The molecule has 0 radical (unpaired) electrons. The quantitative estimate of drug-likeness (QED) is 0.512. The highest BCUT2D eigenvalue weighted by molar-refractivity contribution is 5.98. The van der Waals surface area contributed by atoms with Crippen LogP contribution in [0.2, 0.25) is 0 Å². The molecule has 1 saturated carbocycles. The lowest BCUT2D eigenvalue weighted by atomic mass is 10.0. The lowest BCUT2D eigenvalue weighted by Crippen LogP contribution is -2.54. The van der Waals surface area contributed by atoms with Crippen molar-refractivity contribution in [1.82, 2.24) is 19.8 Å². The van der Waals surface area contributed by atoms with Crippen molar-refractivity contribution in [2.45, 2.75) is 56.7 Å². The lowest BCUT2D eigenvalue weighted by Gasteiger charge is -2.36. The van der Waals surface area contributed by atoms with Crippen LogP contribution >= 0.6 is 12.4 Å². The summed E-state index contributed by atoms with van der Waals surface area (Å²) in [5.74, 6) is -0.0249. The fourth-order valence-corrected chi connectivity index (χ4v) is 5.48. The smallest absolute Gasteiger partial charge is 0.275 e. The van der Waals surface area contributed by atoms with Crippen LogP contribution in [0.4, 0.5) is 0 Å². The summed E-state index contributed by atoms with van der Waals surface area (Å²) in [5.41, 5.74) is 3.51. The predicted molar refractivity (Wildman–Crippen MR) is 141 cm³/mol. The van der Waals surface area contributed by atoms with Crippen LogP contribution in [0, 0.1) is 0 Å². The van der Waals surface area contributed by atoms with Crippen molar-refractivity contribution < 1.29 is 9.90 Å². The Kier molecular flexibility index (Phi) is 8.60. The van der Waals surface area contributed by atoms with Gasteiger partial charge in [0.05, 0.1) is 24.2 Å². The molecular weight excluding hydrogens is 460 g/mol. The van der Waals surface area contributed by atoms with Crippen LogP contribution in [0.15, 0.2) is 67.0 Å². The molecule has 6 nitrogen and oxygen atoms in total. The van der Waals surface area contributed by atoms with Gasteiger partial charge in [-0.1, -0.05) is 79.9 Å². The van der Waals surface area contributed by atoms with Gasteiger partial charge >= 0.3 is 0 Å². The van der Waals surface area contributed by atoms with E-state index in [-0.39, 0.29) is 30.4 Å². The summed E-state index contributed by atoms with van der Waals surface area (Å²) in [4.78, 5) is 20.7. The van der Waals surface area contributed by atoms with E-state index in [1.54, 1.807) is 6.33 Å². The van der Waals surface area contributed by atoms with Crippen molar-refractivity contribution in [3.8, 4) is 11.3 Å². The zero-order valence-corrected chi connectivity index (χ0v) is 20.9. The number of halogens is 1. The summed E-state index contributed by atoms with van der Waals surface area (Å²) >= 11 is 0. The first-order valence-corrected chi connectivity index (χ1v) is 12.6. The molecule has 0 bridgehead atoms. The van der Waals surface area contributed by atoms with E-state index in [1.807, 2.05) is 53.4 Å². The number of aliphatic hydroxyl groups is 1. The minimum atomic E-state index is -0.424. The third-order valence-corrected chi connectivity index (χ3v) is 7.27. The van der Waals surface area contributed by atoms with Crippen LogP contribution < -0.4 is 5.32 Å². The third kappa shape index (κ3) is 5.61. The second-order valence-electron chi connectivity index (χ2n) is 9.53. The van der Waals surface area contributed by atoms with Crippen LogP contribution in [0.5, 0.6) is 0 Å². The summed E-state index contributed by atoms with van der Waals surface area (Å²) in [6.45, 7) is 2.20. The van der Waals surface area contributed by atoms with E-state index < -0.39 is 6.10 Å². The van der Waals surface area contributed by atoms with Crippen LogP contribution in [0.3, 0.4) is 0 Å². The molecule has 2 N–H and O–H groups in total. The van der Waals surface area contributed by atoms with Crippen LogP contribution in [-0.2, 0) is 6.42 Å². The van der Waals surface area contributed by atoms with Crippen molar-refractivity contribution in [2.75, 3.05) is 19.6 Å². The van der Waals surface area contributed by atoms with Crippen molar-refractivity contribution in [3.63, 3.8) is 0 Å². The summed E-state index contributed by atoms with van der Waals surface area (Å²) < 4.78 is 2.08. The molecule has 186 valence electrons. The van der Waals surface area contributed by atoms with Gasteiger partial charge in [0, 0.05) is 31.2 Å². The molecule has 1 amide bonds. The molecule has 0 spiro atoms. The van der Waals surface area contributed by atoms with Gasteiger partial charge in [0.25, 0.3) is 5.91 Å². The van der Waals surface area contributed by atoms with Crippen LogP contribution in [0.25, 0.3) is 11.3 Å². The number of imidazole rings is 1. The number of piperazine rings is 1. The maximum absolute atomic E-state index is 14.0. The molecule has 35 heavy (non-hydrogen) atoms. The number of carbonyl (C=O) groups is 1. The first-order valence-electron chi connectivity index (χ1n) is 12.6. The van der Waals surface area contributed by atoms with Gasteiger partial charge in [0.2, 0.25) is 0 Å². The maximum atomic E-state index is 14.0. The molecule has 7 heteroatoms. The molecule has 5 rings (SSSR count). The molecule has 1 aliphatic heterocycles. The fourth-order valence-electron chi connectivity index (χ4n) is 5.48. The number of amides is 1. The second kappa shape index (κ2) is 11.8. The van der Waals surface area contributed by atoms with E-state index in [0.717, 1.165) is 62.9 Å². The normalized spacial score (nSPS) is 22.8. The number of benzene rings is 2. The monoisotopic (exact) mass is 494 g/mol. The maximum Gasteiger partial charge on any atom is 0.275 e. The molecule has 1 unspecified atom stereocenters. The molecular formula is C28H35ClN4O2. The highest BCUT2D eigenvalue weighted by Crippen LogP contribution is 2.34. The average molecular weight is 495 g/mol. The number of aromatic nitrogens is 2. The van der Waals surface area contributed by atoms with Gasteiger partial charge in [0.1, 0.15) is 0 Å². The Morgan fingerprint density at radius 2 is 1.71 bits per heavy atom. The Bertz CT molecular complexity index is 1090. The average Bonchev–Trinajstić information content (AvgIpc) is 3.20. The van der Waals surface area contributed by atoms with Crippen molar-refractivity contribution in [3.05, 3.63) is 78.2 Å². The van der Waals surface area contributed by atoms with Gasteiger partial charge in [0.15, 0.2) is 5.69 Å². The highest BCUT2D eigenvalue weighted by atomic mass is 35.5. The zero-order valence-electron chi connectivity index (χ0n) is 20.1. The SMILES string of the molecule is Cl.O=C(c1ncn(C2CCCCC[C@H]2O)c1-c1ccccc1)N1CCNC[C@H]1Cc1ccccc1. The third-order valence-electron chi connectivity index (χ3n) is 7.27. The first-order chi connectivity index (χ1) is 16.7. The van der Waals surface area contributed by atoms with Crippen LogP contribution in [-0.4, -0.2) is 57.2 Å². The Morgan fingerprint density at radius 3 is 2.49 bits per heavy atom. The van der Waals surface area contributed by atoms with E-state index in [9.17, 15) is 9.90 Å². The highest BCUT2D eigenvalue weighted by Gasteiger charge is 2.33. The van der Waals surface area contributed by atoms with Gasteiger partial charge in [-0.25, -0.2) is 4.98 Å². The molecule has 1 aromatic heterocycles. The molecule has 2 aromatic carbocycles. The largest absolute Gasteiger partial charge is 0.391 e. The van der Waals surface area contributed by atoms with E-state index in [2.05, 4.69) is 27.0 Å². The number of hydrogen-bond acceptors (Lipinski definition) is 4. The molecule has 1 saturated heterocycles. The number of rotatable bonds is 5. The Balaban J connectivity index is 0.00000289. The number of carbonyl (C=O) groups excluding carboxylic acids is 1. The summed E-state index contributed by atoms with van der Waals surface area (Å²) in [5, 5.41) is 14.4. The number of nitrogens with one attached hydrogen (secondary N) is 1. The Morgan fingerprint density at radius 1 is 1.00 bits per heavy atom. The van der Waals surface area contributed by atoms with Crippen molar-refractivity contribution in [2.24, 2.45) is 0 Å². The first kappa shape index (κ1) is 25.4. The second-order valence-corrected chi connectivity index (χ2v) is 9.53. The van der Waals surface area contributed by atoms with E-state index in [1.165, 1.54) is 5.56 Å². The minimum Gasteiger partial charge on any atom is -0.391 e. The van der Waals surface area contributed by atoms with E-state index in [4.69, 9.17) is 0 Å². The van der Waals surface area contributed by atoms with Crippen molar-refractivity contribution in [1.29, 1.82) is 0 Å². The molecule has 2 aliphatic rings. The lowest BCUT2D eigenvalue weighted by molar-refractivity contribution is 0.0630. The minimum absolute atomic E-state index is 0. The molecule has 2 fully saturated rings. The van der Waals surface area contributed by atoms with E-state index in [0.29, 0.717) is 12.2 Å². The van der Waals surface area contributed by atoms with Crippen LogP contribution in [0.1, 0.15) is 54.2 Å². The fraction of sp³-hybridized carbons (Fsp3) is 0.429. The molecule has 3 atom stereocenters. The number of aliphatic hydroxyl groups excluding tert-OH is 1. The standard InChI is InChI=1S/C28H34N4O2.ClH/c33-25-15-9-3-8-14-24(25)32-20-30-26(27(32)22-12-6-2-7-13-22)28(34)31-17-16-29-19-23(31)18-21-10-4-1-5-11-21;/h1-2,4-7,10-13,20,23-25,29,33H,3,8-9,14-19H2;1H/t23-,24?,25-;/m1./s1. The van der Waals surface area contributed by atoms with Gasteiger partial charge in [-0.05, 0) is 24.8 Å². The Hall–Kier alpha value is -2.67. The summed E-state index contributed by atoms with van der Waals surface area (Å²) in [6, 6.07) is 20.4. The molecule has 2 heterocycles. The Labute approximate surface area is 213 Å². The van der Waals surface area contributed by atoms with Gasteiger partial charge < -0.3 is 19.9 Å². The van der Waals surface area contributed by atoms with Crippen molar-refractivity contribution >= 4 is 18.3 Å². The molecule has 1 aliphatic carbocycles. The van der Waals surface area contributed by atoms with E-state index >= 15 is 0 Å². The molecule has 3 aromatic rings. The van der Waals surface area contributed by atoms with Gasteiger partial charge in [-0.2, -0.15) is 0 Å². The topological polar surface area (TPSA) is 70.4 Å². The number of hydrogen-bond donors (Lipinski definition) is 2. The number of nitrogens with zero attached hydrogens (tertiary/aromatic N) is 3. The summed E-state index contributed by atoms with van der Waals surface area (Å²) in [7, 11) is 0. The predicted octanol–water partition coefficient (Wildman–Crippen LogP) is 4.49.